The summed E-state index contributed by atoms with van der Waals surface area (Å²) in [7, 11) is 1.86. The Labute approximate surface area is 156 Å². The van der Waals surface area contributed by atoms with Crippen LogP contribution in [0.3, 0.4) is 0 Å². The Morgan fingerprint density at radius 2 is 1.85 bits per heavy atom. The first-order valence-corrected chi connectivity index (χ1v) is 10.7. The molecule has 0 bridgehead atoms. The van der Waals surface area contributed by atoms with E-state index >= 15 is 4.39 Å². The fraction of sp³-hybridized carbons (Fsp3) is 0.864. The molecule has 4 saturated carbocycles. The molecule has 1 aliphatic heterocycles. The smallest absolute Gasteiger partial charge is 0.249 e. The van der Waals surface area contributed by atoms with Gasteiger partial charge in [-0.15, -0.1) is 0 Å². The van der Waals surface area contributed by atoms with Crippen molar-refractivity contribution in [3.63, 3.8) is 0 Å². The van der Waals surface area contributed by atoms with Crippen LogP contribution in [0.25, 0.3) is 0 Å². The maximum Gasteiger partial charge on any atom is 0.249 e. The highest BCUT2D eigenvalue weighted by Gasteiger charge is 2.63. The van der Waals surface area contributed by atoms with Gasteiger partial charge in [0.1, 0.15) is 5.83 Å². The average Bonchev–Trinajstić information content (AvgIpc) is 3.36. The van der Waals surface area contributed by atoms with Crippen molar-refractivity contribution in [1.29, 1.82) is 0 Å². The molecule has 0 radical (unpaired) electrons. The first-order valence-electron chi connectivity index (χ1n) is 10.7. The predicted molar refractivity (Wildman–Crippen MR) is 98.0 cm³/mol. The van der Waals surface area contributed by atoms with E-state index in [0.29, 0.717) is 30.0 Å². The molecule has 4 heteroatoms. The van der Waals surface area contributed by atoms with Crippen LogP contribution in [0.2, 0.25) is 0 Å². The molecule has 1 amide bonds. The highest BCUT2D eigenvalue weighted by atomic mass is 19.1. The zero-order valence-electron chi connectivity index (χ0n) is 16.3. The number of nitrogens with zero attached hydrogens (tertiary/aromatic N) is 1. The van der Waals surface area contributed by atoms with Gasteiger partial charge in [0.2, 0.25) is 5.91 Å². The van der Waals surface area contributed by atoms with Gasteiger partial charge in [-0.25, -0.2) is 4.39 Å². The Kier molecular flexibility index (Phi) is 3.68. The second kappa shape index (κ2) is 5.56. The average molecular weight is 362 g/mol. The first-order chi connectivity index (χ1) is 12.4. The van der Waals surface area contributed by atoms with Crippen LogP contribution in [0, 0.1) is 28.6 Å². The van der Waals surface area contributed by atoms with Crippen molar-refractivity contribution >= 4 is 5.91 Å². The molecule has 3 nitrogen and oxygen atoms in total. The Morgan fingerprint density at radius 3 is 2.58 bits per heavy atom. The monoisotopic (exact) mass is 361 g/mol. The minimum atomic E-state index is -0.498. The van der Waals surface area contributed by atoms with E-state index in [2.05, 4.69) is 13.8 Å². The standard InChI is InChI=1S/C22H32FNO2/c1-21-11-10-16-14(15(21)7-9-19(21)26-13-4-5-13)6-8-18-22(16,2)17(23)12-20(25)24(18)3/h12-16,18-19H,4-11H2,1-3H3/t14-,15-,16-,18+,19-,21-,22-/m0/s1. The van der Waals surface area contributed by atoms with Gasteiger partial charge in [-0.3, -0.25) is 4.79 Å². The summed E-state index contributed by atoms with van der Waals surface area (Å²) in [5.74, 6) is 1.25. The van der Waals surface area contributed by atoms with Gasteiger partial charge in [0.25, 0.3) is 0 Å². The number of amides is 1. The molecule has 0 N–H and O–H groups in total. The molecule has 144 valence electrons. The third-order valence-corrected chi connectivity index (χ3v) is 9.05. The van der Waals surface area contributed by atoms with Crippen LogP contribution in [-0.4, -0.2) is 36.1 Å². The van der Waals surface area contributed by atoms with Crippen LogP contribution in [0.4, 0.5) is 4.39 Å². The normalized spacial score (nSPS) is 50.8. The number of hydrogen-bond donors (Lipinski definition) is 0. The van der Waals surface area contributed by atoms with Gasteiger partial charge in [0.05, 0.1) is 12.2 Å². The molecular weight excluding hydrogens is 329 g/mol. The van der Waals surface area contributed by atoms with E-state index in [4.69, 9.17) is 4.74 Å². The number of carbonyl (C=O) groups excluding carboxylic acids is 1. The van der Waals surface area contributed by atoms with E-state index in [1.54, 1.807) is 4.90 Å². The summed E-state index contributed by atoms with van der Waals surface area (Å²) in [4.78, 5) is 13.9. The van der Waals surface area contributed by atoms with Crippen LogP contribution in [0.1, 0.15) is 65.2 Å². The van der Waals surface area contributed by atoms with Gasteiger partial charge < -0.3 is 9.64 Å². The van der Waals surface area contributed by atoms with Gasteiger partial charge in [-0.05, 0) is 74.5 Å². The second-order valence-corrected chi connectivity index (χ2v) is 10.1. The van der Waals surface area contributed by atoms with Gasteiger partial charge in [0.15, 0.2) is 0 Å². The van der Waals surface area contributed by atoms with Crippen LogP contribution in [0.15, 0.2) is 11.9 Å². The van der Waals surface area contributed by atoms with Gasteiger partial charge in [-0.2, -0.15) is 0 Å². The van der Waals surface area contributed by atoms with Crippen LogP contribution < -0.4 is 0 Å². The van der Waals surface area contributed by atoms with E-state index in [1.807, 2.05) is 7.05 Å². The number of fused-ring (bicyclic) bond motifs is 5. The fourth-order valence-corrected chi connectivity index (χ4v) is 7.40. The van der Waals surface area contributed by atoms with Crippen LogP contribution in [-0.2, 0) is 9.53 Å². The molecule has 1 heterocycles. The summed E-state index contributed by atoms with van der Waals surface area (Å²) in [5.41, 5.74) is -0.230. The zero-order chi connectivity index (χ0) is 18.3. The fourth-order valence-electron chi connectivity index (χ4n) is 7.40. The van der Waals surface area contributed by atoms with E-state index in [-0.39, 0.29) is 23.2 Å². The van der Waals surface area contributed by atoms with Crippen molar-refractivity contribution in [3.8, 4) is 0 Å². The van der Waals surface area contributed by atoms with Crippen molar-refractivity contribution in [2.45, 2.75) is 83.5 Å². The molecule has 0 unspecified atom stereocenters. The number of rotatable bonds is 2. The van der Waals surface area contributed by atoms with Crippen molar-refractivity contribution < 1.29 is 13.9 Å². The van der Waals surface area contributed by atoms with E-state index in [0.717, 1.165) is 25.7 Å². The lowest BCUT2D eigenvalue weighted by Crippen LogP contribution is -2.61. The summed E-state index contributed by atoms with van der Waals surface area (Å²) in [6.07, 6.45) is 11.3. The SMILES string of the molecule is CN1C(=O)C=C(F)[C@]2(C)[C@H]3CC[C@]4(C)[C@@H](OC5CC5)CC[C@H]4[C@@H]3CC[C@@H]12. The minimum absolute atomic E-state index is 0.0190. The third-order valence-electron chi connectivity index (χ3n) is 9.05. The molecule has 5 rings (SSSR count). The maximum atomic E-state index is 15.2. The number of ether oxygens (including phenoxy) is 1. The highest BCUT2D eigenvalue weighted by molar-refractivity contribution is 5.89. The summed E-state index contributed by atoms with van der Waals surface area (Å²) < 4.78 is 21.6. The number of hydrogen-bond acceptors (Lipinski definition) is 2. The van der Waals surface area contributed by atoms with Gasteiger partial charge >= 0.3 is 0 Å². The number of carbonyl (C=O) groups is 1. The lowest BCUT2D eigenvalue weighted by molar-refractivity contribution is -0.147. The van der Waals surface area contributed by atoms with Crippen LogP contribution in [0.5, 0.6) is 0 Å². The Bertz CT molecular complexity index is 659. The number of halogens is 1. The van der Waals surface area contributed by atoms with Crippen molar-refractivity contribution in [1.82, 2.24) is 4.90 Å². The predicted octanol–water partition coefficient (Wildman–Crippen LogP) is 4.47. The van der Waals surface area contributed by atoms with E-state index in [9.17, 15) is 4.79 Å². The first kappa shape index (κ1) is 17.2. The van der Waals surface area contributed by atoms with Gasteiger partial charge in [0, 0.05) is 24.6 Å². The summed E-state index contributed by atoms with van der Waals surface area (Å²) >= 11 is 0. The lowest BCUT2D eigenvalue weighted by Gasteiger charge is -2.60. The lowest BCUT2D eigenvalue weighted by atomic mass is 9.48. The molecule has 0 aromatic heterocycles. The Hall–Kier alpha value is -0.900. The molecule has 0 saturated heterocycles. The highest BCUT2D eigenvalue weighted by Crippen LogP contribution is 2.66. The molecule has 5 aliphatic rings. The van der Waals surface area contributed by atoms with E-state index < -0.39 is 5.41 Å². The summed E-state index contributed by atoms with van der Waals surface area (Å²) in [5, 5.41) is 0. The molecule has 4 aliphatic carbocycles. The molecule has 26 heavy (non-hydrogen) atoms. The molecular formula is C22H32FNO2. The largest absolute Gasteiger partial charge is 0.374 e. The van der Waals surface area contributed by atoms with Crippen molar-refractivity contribution in [2.75, 3.05) is 7.05 Å². The zero-order valence-corrected chi connectivity index (χ0v) is 16.3. The molecule has 0 spiro atoms. The summed E-state index contributed by atoms with van der Waals surface area (Å²) in [6.45, 7) is 4.55. The number of likely N-dealkylation sites (N-methyl/N-ethyl adjacent to an activating group) is 1. The molecule has 4 fully saturated rings. The topological polar surface area (TPSA) is 29.5 Å². The maximum absolute atomic E-state index is 15.2. The third kappa shape index (κ3) is 2.17. The molecule has 0 aromatic rings. The molecule has 7 atom stereocenters. The quantitative estimate of drug-likeness (QED) is 0.726. The molecule has 0 aromatic carbocycles. The van der Waals surface area contributed by atoms with Crippen molar-refractivity contribution in [2.24, 2.45) is 28.6 Å². The minimum Gasteiger partial charge on any atom is -0.374 e. The van der Waals surface area contributed by atoms with Gasteiger partial charge in [-0.1, -0.05) is 13.8 Å². The summed E-state index contributed by atoms with van der Waals surface area (Å²) in [6, 6.07) is 0.0190. The Morgan fingerprint density at radius 1 is 1.08 bits per heavy atom. The second-order valence-electron chi connectivity index (χ2n) is 10.1. The Balaban J connectivity index is 1.46. The van der Waals surface area contributed by atoms with E-state index in [1.165, 1.54) is 31.8 Å². The van der Waals surface area contributed by atoms with Crippen molar-refractivity contribution in [3.05, 3.63) is 11.9 Å². The van der Waals surface area contributed by atoms with Crippen LogP contribution >= 0.6 is 0 Å².